The summed E-state index contributed by atoms with van der Waals surface area (Å²) >= 11 is 0. The van der Waals surface area contributed by atoms with E-state index in [0.717, 1.165) is 23.1 Å². The first-order valence-electron chi connectivity index (χ1n) is 8.66. The van der Waals surface area contributed by atoms with Crippen LogP contribution in [-0.4, -0.2) is 28.5 Å². The van der Waals surface area contributed by atoms with Gasteiger partial charge in [0.15, 0.2) is 5.76 Å². The van der Waals surface area contributed by atoms with Crippen LogP contribution in [0.3, 0.4) is 0 Å². The van der Waals surface area contributed by atoms with Crippen molar-refractivity contribution in [2.45, 2.75) is 18.9 Å². The standard InChI is InChI=1S/C20H18N2O3/c23-19-7-3-5-16-15-8-13(11-22(16)19)10-21(12-15)20(24)18-9-14-4-1-2-6-17(14)25-18/h1-7,9,13,15H,8,10-12H2/t13-,15+/m1/s1. The van der Waals surface area contributed by atoms with Gasteiger partial charge in [-0.15, -0.1) is 0 Å². The third-order valence-electron chi connectivity index (χ3n) is 5.40. The second-order valence-electron chi connectivity index (χ2n) is 7.06. The van der Waals surface area contributed by atoms with Gasteiger partial charge in [0.25, 0.3) is 11.5 Å². The zero-order chi connectivity index (χ0) is 17.0. The number of likely N-dealkylation sites (tertiary alicyclic amines) is 1. The second kappa shape index (κ2) is 5.34. The number of aromatic nitrogens is 1. The fourth-order valence-corrected chi connectivity index (χ4v) is 4.31. The van der Waals surface area contributed by atoms with E-state index < -0.39 is 0 Å². The molecule has 5 rings (SSSR count). The molecule has 5 heteroatoms. The van der Waals surface area contributed by atoms with Crippen LogP contribution in [0.1, 0.15) is 28.6 Å². The van der Waals surface area contributed by atoms with Crippen molar-refractivity contribution in [1.29, 1.82) is 0 Å². The highest BCUT2D eigenvalue weighted by atomic mass is 16.3. The van der Waals surface area contributed by atoms with Crippen molar-refractivity contribution >= 4 is 16.9 Å². The third-order valence-corrected chi connectivity index (χ3v) is 5.40. The van der Waals surface area contributed by atoms with E-state index in [2.05, 4.69) is 0 Å². The Hall–Kier alpha value is -2.82. The molecule has 1 saturated heterocycles. The van der Waals surface area contributed by atoms with E-state index >= 15 is 0 Å². The van der Waals surface area contributed by atoms with Gasteiger partial charge in [-0.2, -0.15) is 0 Å². The number of hydrogen-bond donors (Lipinski definition) is 0. The molecule has 25 heavy (non-hydrogen) atoms. The van der Waals surface area contributed by atoms with Crippen molar-refractivity contribution in [1.82, 2.24) is 9.47 Å². The van der Waals surface area contributed by atoms with Gasteiger partial charge in [-0.1, -0.05) is 24.3 Å². The number of furan rings is 1. The first-order valence-corrected chi connectivity index (χ1v) is 8.66. The van der Waals surface area contributed by atoms with Gasteiger partial charge in [0.05, 0.1) is 0 Å². The van der Waals surface area contributed by atoms with Gasteiger partial charge < -0.3 is 13.9 Å². The Morgan fingerprint density at radius 1 is 1.04 bits per heavy atom. The van der Waals surface area contributed by atoms with Crippen LogP contribution >= 0.6 is 0 Å². The SMILES string of the molecule is O=C(c1cc2ccccc2o1)N1C[C@H]2C[C@@H](C1)c1cccc(=O)n1C2. The van der Waals surface area contributed by atoms with Crippen LogP contribution in [0.25, 0.3) is 11.0 Å². The second-order valence-corrected chi connectivity index (χ2v) is 7.06. The van der Waals surface area contributed by atoms with E-state index in [1.54, 1.807) is 6.07 Å². The average Bonchev–Trinajstić information content (AvgIpc) is 3.06. The normalized spacial score (nSPS) is 22.0. The Balaban J connectivity index is 1.46. The molecule has 2 aliphatic heterocycles. The molecule has 0 unspecified atom stereocenters. The van der Waals surface area contributed by atoms with Gasteiger partial charge >= 0.3 is 0 Å². The number of nitrogens with zero attached hydrogens (tertiary/aromatic N) is 2. The number of pyridine rings is 1. The Morgan fingerprint density at radius 2 is 1.92 bits per heavy atom. The summed E-state index contributed by atoms with van der Waals surface area (Å²) in [7, 11) is 0. The van der Waals surface area contributed by atoms with Crippen LogP contribution < -0.4 is 5.56 Å². The zero-order valence-corrected chi connectivity index (χ0v) is 13.7. The molecule has 0 radical (unpaired) electrons. The maximum Gasteiger partial charge on any atom is 0.289 e. The van der Waals surface area contributed by atoms with Crippen molar-refractivity contribution in [2.75, 3.05) is 13.1 Å². The highest BCUT2D eigenvalue weighted by molar-refractivity contribution is 5.96. The van der Waals surface area contributed by atoms with Crippen LogP contribution in [0.15, 0.2) is 57.7 Å². The third kappa shape index (κ3) is 2.30. The van der Waals surface area contributed by atoms with Gasteiger partial charge in [-0.05, 0) is 30.5 Å². The zero-order valence-electron chi connectivity index (χ0n) is 13.7. The molecule has 5 nitrogen and oxygen atoms in total. The fourth-order valence-electron chi connectivity index (χ4n) is 4.31. The minimum atomic E-state index is -0.0578. The van der Waals surface area contributed by atoms with E-state index in [9.17, 15) is 9.59 Å². The van der Waals surface area contributed by atoms with Gasteiger partial charge in [0.2, 0.25) is 0 Å². The Labute approximate surface area is 144 Å². The summed E-state index contributed by atoms with van der Waals surface area (Å²) in [5.41, 5.74) is 1.84. The average molecular weight is 334 g/mol. The molecule has 1 amide bonds. The topological polar surface area (TPSA) is 55.5 Å². The predicted octanol–water partition coefficient (Wildman–Crippen LogP) is 2.85. The van der Waals surface area contributed by atoms with E-state index in [4.69, 9.17) is 4.42 Å². The molecular weight excluding hydrogens is 316 g/mol. The molecule has 2 atom stereocenters. The monoisotopic (exact) mass is 334 g/mol. The molecule has 4 heterocycles. The molecule has 1 aromatic carbocycles. The molecule has 2 aromatic heterocycles. The van der Waals surface area contributed by atoms with Crippen molar-refractivity contribution < 1.29 is 9.21 Å². The summed E-state index contributed by atoms with van der Waals surface area (Å²) in [5, 5.41) is 0.944. The molecule has 0 N–H and O–H groups in total. The number of para-hydroxylation sites is 1. The van der Waals surface area contributed by atoms with E-state index in [-0.39, 0.29) is 17.4 Å². The lowest BCUT2D eigenvalue weighted by Gasteiger charge is -2.42. The fraction of sp³-hybridized carbons (Fsp3) is 0.300. The molecule has 0 spiro atoms. The number of hydrogen-bond acceptors (Lipinski definition) is 3. The summed E-state index contributed by atoms with van der Waals surface area (Å²) in [6.07, 6.45) is 1.04. The minimum absolute atomic E-state index is 0.0578. The first-order chi connectivity index (χ1) is 12.2. The number of fused-ring (bicyclic) bond motifs is 5. The maximum absolute atomic E-state index is 12.9. The maximum atomic E-state index is 12.9. The lowest BCUT2D eigenvalue weighted by atomic mass is 9.83. The summed E-state index contributed by atoms with van der Waals surface area (Å²) in [4.78, 5) is 26.9. The molecular formula is C20H18N2O3. The largest absolute Gasteiger partial charge is 0.451 e. The van der Waals surface area contributed by atoms with Crippen LogP contribution in [-0.2, 0) is 6.54 Å². The first kappa shape index (κ1) is 14.5. The highest BCUT2D eigenvalue weighted by Crippen LogP contribution is 2.35. The van der Waals surface area contributed by atoms with Crippen molar-refractivity contribution in [3.8, 4) is 0 Å². The molecule has 0 aliphatic carbocycles. The summed E-state index contributed by atoms with van der Waals surface area (Å²) in [5.74, 6) is 0.874. The molecule has 2 aliphatic rings. The van der Waals surface area contributed by atoms with E-state index in [1.165, 1.54) is 0 Å². The number of carbonyl (C=O) groups excluding carboxylic acids is 1. The molecule has 0 saturated carbocycles. The van der Waals surface area contributed by atoms with Gasteiger partial charge in [0.1, 0.15) is 5.58 Å². The van der Waals surface area contributed by atoms with E-state index in [0.29, 0.717) is 31.3 Å². The molecule has 126 valence electrons. The molecule has 2 bridgehead atoms. The van der Waals surface area contributed by atoms with E-state index in [1.807, 2.05) is 51.9 Å². The van der Waals surface area contributed by atoms with Crippen LogP contribution in [0.2, 0.25) is 0 Å². The highest BCUT2D eigenvalue weighted by Gasteiger charge is 2.37. The van der Waals surface area contributed by atoms with Crippen LogP contribution in [0.4, 0.5) is 0 Å². The van der Waals surface area contributed by atoms with Gasteiger partial charge in [0, 0.05) is 42.7 Å². The van der Waals surface area contributed by atoms with Gasteiger partial charge in [-0.3, -0.25) is 9.59 Å². The quantitative estimate of drug-likeness (QED) is 0.688. The summed E-state index contributed by atoms with van der Waals surface area (Å²) < 4.78 is 7.62. The van der Waals surface area contributed by atoms with Crippen molar-refractivity contribution in [3.63, 3.8) is 0 Å². The summed E-state index contributed by atoms with van der Waals surface area (Å²) in [6, 6.07) is 14.9. The van der Waals surface area contributed by atoms with Crippen LogP contribution in [0.5, 0.6) is 0 Å². The molecule has 3 aromatic rings. The summed E-state index contributed by atoms with van der Waals surface area (Å²) in [6.45, 7) is 2.00. The number of carbonyl (C=O) groups is 1. The Morgan fingerprint density at radius 3 is 2.80 bits per heavy atom. The predicted molar refractivity (Wildman–Crippen MR) is 93.7 cm³/mol. The number of amides is 1. The minimum Gasteiger partial charge on any atom is -0.451 e. The lowest BCUT2D eigenvalue weighted by molar-refractivity contribution is 0.0566. The number of benzene rings is 1. The number of rotatable bonds is 1. The molecule has 1 fully saturated rings. The van der Waals surface area contributed by atoms with Crippen molar-refractivity contribution in [2.24, 2.45) is 5.92 Å². The lowest BCUT2D eigenvalue weighted by Crippen LogP contribution is -2.49. The van der Waals surface area contributed by atoms with Crippen LogP contribution in [0, 0.1) is 5.92 Å². The number of piperidine rings is 1. The Bertz CT molecular complexity index is 1000. The van der Waals surface area contributed by atoms with Gasteiger partial charge in [-0.25, -0.2) is 0 Å². The smallest absolute Gasteiger partial charge is 0.289 e. The van der Waals surface area contributed by atoms with Crippen molar-refractivity contribution in [3.05, 3.63) is 70.3 Å². The Kier molecular flexibility index (Phi) is 3.10.